The van der Waals surface area contributed by atoms with Gasteiger partial charge in [0, 0.05) is 19.7 Å². The van der Waals surface area contributed by atoms with Crippen molar-refractivity contribution in [3.05, 3.63) is 0 Å². The van der Waals surface area contributed by atoms with Gasteiger partial charge >= 0.3 is 0 Å². The zero-order chi connectivity index (χ0) is 10.6. The van der Waals surface area contributed by atoms with Crippen LogP contribution in [-0.4, -0.2) is 59.4 Å². The molecule has 1 rings (SSSR count). The molecule has 0 aromatic heterocycles. The van der Waals surface area contributed by atoms with Crippen LogP contribution in [0.15, 0.2) is 0 Å². The first-order valence-corrected chi connectivity index (χ1v) is 5.65. The predicted octanol–water partition coefficient (Wildman–Crippen LogP) is -0.423. The second-order valence-electron chi connectivity index (χ2n) is 3.38. The maximum atomic E-state index is 5.37. The number of ether oxygens (including phenoxy) is 3. The Kier molecular flexibility index (Phi) is 8.85. The van der Waals surface area contributed by atoms with Gasteiger partial charge in [0.05, 0.1) is 33.2 Å². The van der Waals surface area contributed by atoms with E-state index in [4.69, 9.17) is 14.2 Å². The molecule has 1 saturated heterocycles. The van der Waals surface area contributed by atoms with Crippen molar-refractivity contribution >= 4 is 0 Å². The van der Waals surface area contributed by atoms with Crippen LogP contribution >= 0.6 is 0 Å². The molecule has 0 spiro atoms. The Morgan fingerprint density at radius 2 is 1.33 bits per heavy atom. The number of hydrogen-bond acceptors (Lipinski definition) is 5. The number of hydrogen-bond donors (Lipinski definition) is 2. The summed E-state index contributed by atoms with van der Waals surface area (Å²) in [5.74, 6) is 0. The summed E-state index contributed by atoms with van der Waals surface area (Å²) in [6.07, 6.45) is 1.04. The predicted molar refractivity (Wildman–Crippen MR) is 57.9 cm³/mol. The summed E-state index contributed by atoms with van der Waals surface area (Å²) < 4.78 is 16.1. The van der Waals surface area contributed by atoms with Crippen LogP contribution in [0.25, 0.3) is 0 Å². The van der Waals surface area contributed by atoms with Crippen molar-refractivity contribution in [1.29, 1.82) is 0 Å². The summed E-state index contributed by atoms with van der Waals surface area (Å²) >= 11 is 0. The minimum atomic E-state index is 0.611. The van der Waals surface area contributed by atoms with Gasteiger partial charge in [-0.05, 0) is 13.0 Å². The summed E-state index contributed by atoms with van der Waals surface area (Å²) in [5.41, 5.74) is 0. The van der Waals surface area contributed by atoms with Gasteiger partial charge in [0.1, 0.15) is 0 Å². The van der Waals surface area contributed by atoms with E-state index >= 15 is 0 Å². The minimum absolute atomic E-state index is 0.611. The lowest BCUT2D eigenvalue weighted by molar-refractivity contribution is 0.0471. The van der Waals surface area contributed by atoms with Crippen molar-refractivity contribution in [3.8, 4) is 0 Å². The van der Waals surface area contributed by atoms with Crippen LogP contribution in [0.4, 0.5) is 0 Å². The standard InChI is InChI=1S/C10H22N2O3/c1-2-11-3-6-13-8-9-14-7-4-12-10-15-5-1/h11-12H,1-10H2. The Balaban J connectivity index is 2.01. The van der Waals surface area contributed by atoms with Gasteiger partial charge in [-0.15, -0.1) is 0 Å². The van der Waals surface area contributed by atoms with E-state index in [-0.39, 0.29) is 0 Å². The summed E-state index contributed by atoms with van der Waals surface area (Å²) in [5, 5.41) is 6.44. The van der Waals surface area contributed by atoms with E-state index in [0.29, 0.717) is 26.6 Å². The number of rotatable bonds is 0. The average molecular weight is 218 g/mol. The van der Waals surface area contributed by atoms with E-state index < -0.39 is 0 Å². The van der Waals surface area contributed by atoms with Gasteiger partial charge in [-0.3, -0.25) is 5.32 Å². The lowest BCUT2D eigenvalue weighted by atomic mass is 10.4. The Hall–Kier alpha value is -0.200. The second kappa shape index (κ2) is 10.3. The highest BCUT2D eigenvalue weighted by Gasteiger charge is 1.94. The van der Waals surface area contributed by atoms with E-state index in [1.807, 2.05) is 0 Å². The molecule has 0 amide bonds. The first-order chi connectivity index (χ1) is 7.50. The SMILES string of the molecule is C1CNCCOCCOCCNCOC1. The van der Waals surface area contributed by atoms with Gasteiger partial charge in [0.25, 0.3) is 0 Å². The quantitative estimate of drug-likeness (QED) is 0.578. The molecule has 0 aromatic rings. The highest BCUT2D eigenvalue weighted by Crippen LogP contribution is 1.82. The van der Waals surface area contributed by atoms with E-state index in [1.165, 1.54) is 0 Å². The zero-order valence-corrected chi connectivity index (χ0v) is 9.30. The van der Waals surface area contributed by atoms with Crippen LogP contribution in [0.1, 0.15) is 6.42 Å². The van der Waals surface area contributed by atoms with Crippen molar-refractivity contribution in [2.75, 3.05) is 59.4 Å². The van der Waals surface area contributed by atoms with Gasteiger partial charge in [0.2, 0.25) is 0 Å². The van der Waals surface area contributed by atoms with Crippen LogP contribution in [0.2, 0.25) is 0 Å². The van der Waals surface area contributed by atoms with Crippen LogP contribution in [0.5, 0.6) is 0 Å². The Morgan fingerprint density at radius 3 is 2.13 bits per heavy atom. The van der Waals surface area contributed by atoms with Crippen molar-refractivity contribution in [2.45, 2.75) is 6.42 Å². The molecule has 1 aliphatic heterocycles. The minimum Gasteiger partial charge on any atom is -0.378 e. The van der Waals surface area contributed by atoms with Crippen LogP contribution < -0.4 is 10.6 Å². The smallest absolute Gasteiger partial charge is 0.0966 e. The summed E-state index contributed by atoms with van der Waals surface area (Å²) in [7, 11) is 0. The van der Waals surface area contributed by atoms with Crippen LogP contribution in [0.3, 0.4) is 0 Å². The fourth-order valence-corrected chi connectivity index (χ4v) is 1.25. The van der Waals surface area contributed by atoms with Crippen molar-refractivity contribution in [3.63, 3.8) is 0 Å². The Bertz CT molecular complexity index is 77.2. The Labute approximate surface area is 91.5 Å². The highest BCUT2D eigenvalue weighted by atomic mass is 16.5. The van der Waals surface area contributed by atoms with E-state index in [1.54, 1.807) is 0 Å². The lowest BCUT2D eigenvalue weighted by Gasteiger charge is -2.06. The molecule has 0 aromatic carbocycles. The van der Waals surface area contributed by atoms with Gasteiger partial charge in [-0.1, -0.05) is 0 Å². The maximum Gasteiger partial charge on any atom is 0.0966 e. The molecule has 90 valence electrons. The fraction of sp³-hybridized carbons (Fsp3) is 1.00. The largest absolute Gasteiger partial charge is 0.378 e. The monoisotopic (exact) mass is 218 g/mol. The molecule has 5 nitrogen and oxygen atoms in total. The normalized spacial score (nSPS) is 24.0. The topological polar surface area (TPSA) is 51.8 Å². The fourth-order valence-electron chi connectivity index (χ4n) is 1.25. The zero-order valence-electron chi connectivity index (χ0n) is 9.30. The molecular weight excluding hydrogens is 196 g/mol. The first-order valence-electron chi connectivity index (χ1n) is 5.65. The third kappa shape index (κ3) is 8.77. The van der Waals surface area contributed by atoms with Crippen molar-refractivity contribution < 1.29 is 14.2 Å². The van der Waals surface area contributed by atoms with Crippen LogP contribution in [0, 0.1) is 0 Å². The number of nitrogens with one attached hydrogen (secondary N) is 2. The van der Waals surface area contributed by atoms with E-state index in [2.05, 4.69) is 10.6 Å². The summed E-state index contributed by atoms with van der Waals surface area (Å²) in [6, 6.07) is 0. The highest BCUT2D eigenvalue weighted by molar-refractivity contribution is 4.47. The van der Waals surface area contributed by atoms with Gasteiger partial charge < -0.3 is 19.5 Å². The Morgan fingerprint density at radius 1 is 0.600 bits per heavy atom. The van der Waals surface area contributed by atoms with Crippen molar-refractivity contribution in [1.82, 2.24) is 10.6 Å². The van der Waals surface area contributed by atoms with Gasteiger partial charge in [-0.25, -0.2) is 0 Å². The molecule has 1 heterocycles. The summed E-state index contributed by atoms with van der Waals surface area (Å²) in [6.45, 7) is 6.94. The van der Waals surface area contributed by atoms with Crippen LogP contribution in [-0.2, 0) is 14.2 Å². The van der Waals surface area contributed by atoms with E-state index in [9.17, 15) is 0 Å². The van der Waals surface area contributed by atoms with Crippen molar-refractivity contribution in [2.24, 2.45) is 0 Å². The van der Waals surface area contributed by atoms with Gasteiger partial charge in [-0.2, -0.15) is 0 Å². The molecule has 0 unspecified atom stereocenters. The molecule has 1 aliphatic rings. The van der Waals surface area contributed by atoms with Gasteiger partial charge in [0.15, 0.2) is 0 Å². The second-order valence-corrected chi connectivity index (χ2v) is 3.38. The molecule has 2 N–H and O–H groups in total. The molecule has 0 aliphatic carbocycles. The first kappa shape index (κ1) is 12.9. The molecule has 0 bridgehead atoms. The molecule has 0 atom stereocenters. The molecule has 15 heavy (non-hydrogen) atoms. The third-order valence-corrected chi connectivity index (χ3v) is 2.06. The molecule has 0 saturated carbocycles. The summed E-state index contributed by atoms with van der Waals surface area (Å²) in [4.78, 5) is 0. The molecular formula is C10H22N2O3. The molecule has 1 fully saturated rings. The molecule has 0 radical (unpaired) electrons. The lowest BCUT2D eigenvalue weighted by Crippen LogP contribution is -2.24. The maximum absolute atomic E-state index is 5.37. The third-order valence-electron chi connectivity index (χ3n) is 2.06. The van der Waals surface area contributed by atoms with E-state index in [0.717, 1.165) is 39.3 Å². The molecule has 5 heteroatoms. The average Bonchev–Trinajstić information content (AvgIpc) is 2.27.